The van der Waals surface area contributed by atoms with E-state index < -0.39 is 0 Å². The van der Waals surface area contributed by atoms with Gasteiger partial charge in [-0.05, 0) is 39.3 Å². The highest BCUT2D eigenvalue weighted by Gasteiger charge is 2.24. The quantitative estimate of drug-likeness (QED) is 0.832. The summed E-state index contributed by atoms with van der Waals surface area (Å²) in [6.45, 7) is 8.33. The summed E-state index contributed by atoms with van der Waals surface area (Å²) in [7, 11) is 0. The van der Waals surface area contributed by atoms with E-state index in [0.29, 0.717) is 6.04 Å². The van der Waals surface area contributed by atoms with Crippen molar-refractivity contribution in [3.63, 3.8) is 0 Å². The Hall–Kier alpha value is -1.56. The van der Waals surface area contributed by atoms with Gasteiger partial charge in [0.1, 0.15) is 5.82 Å². The SMILES string of the molecule is CCCNC(=O)N(CCn1ccnc1C)C1CCNCC1. The predicted octanol–water partition coefficient (Wildman–Crippen LogP) is 1.37. The van der Waals surface area contributed by atoms with Gasteiger partial charge in [-0.2, -0.15) is 0 Å². The topological polar surface area (TPSA) is 62.2 Å². The molecule has 0 radical (unpaired) electrons. The molecule has 1 aromatic heterocycles. The average Bonchev–Trinajstić information content (AvgIpc) is 2.92. The maximum atomic E-state index is 12.4. The molecule has 1 aromatic rings. The molecule has 6 heteroatoms. The Labute approximate surface area is 126 Å². The Bertz CT molecular complexity index is 439. The largest absolute Gasteiger partial charge is 0.338 e. The van der Waals surface area contributed by atoms with Crippen molar-refractivity contribution in [2.24, 2.45) is 0 Å². The first-order chi connectivity index (χ1) is 10.2. The van der Waals surface area contributed by atoms with E-state index in [1.807, 2.05) is 18.0 Å². The minimum atomic E-state index is 0.0709. The van der Waals surface area contributed by atoms with E-state index in [-0.39, 0.29) is 6.03 Å². The van der Waals surface area contributed by atoms with Gasteiger partial charge < -0.3 is 20.1 Å². The molecule has 118 valence electrons. The predicted molar refractivity (Wildman–Crippen MR) is 83.3 cm³/mol. The molecule has 1 aliphatic heterocycles. The molecule has 2 N–H and O–H groups in total. The van der Waals surface area contributed by atoms with Crippen molar-refractivity contribution >= 4 is 6.03 Å². The molecule has 21 heavy (non-hydrogen) atoms. The number of hydrogen-bond acceptors (Lipinski definition) is 3. The average molecular weight is 293 g/mol. The molecule has 0 aromatic carbocycles. The summed E-state index contributed by atoms with van der Waals surface area (Å²) in [4.78, 5) is 18.7. The van der Waals surface area contributed by atoms with E-state index >= 15 is 0 Å². The van der Waals surface area contributed by atoms with Crippen molar-refractivity contribution in [2.75, 3.05) is 26.2 Å². The molecule has 2 amide bonds. The van der Waals surface area contributed by atoms with E-state index in [9.17, 15) is 4.79 Å². The normalized spacial score (nSPS) is 15.9. The Balaban J connectivity index is 1.96. The highest BCUT2D eigenvalue weighted by Crippen LogP contribution is 2.12. The van der Waals surface area contributed by atoms with Crippen LogP contribution >= 0.6 is 0 Å². The summed E-state index contributed by atoms with van der Waals surface area (Å²) in [5, 5.41) is 6.37. The number of imidazole rings is 1. The Kier molecular flexibility index (Phi) is 6.04. The third-order valence-electron chi connectivity index (χ3n) is 4.04. The van der Waals surface area contributed by atoms with Gasteiger partial charge in [0.25, 0.3) is 0 Å². The second-order valence-corrected chi connectivity index (χ2v) is 5.57. The highest BCUT2D eigenvalue weighted by atomic mass is 16.2. The lowest BCUT2D eigenvalue weighted by Crippen LogP contribution is -2.51. The van der Waals surface area contributed by atoms with Crippen LogP contribution < -0.4 is 10.6 Å². The second kappa shape index (κ2) is 8.02. The minimum absolute atomic E-state index is 0.0709. The van der Waals surface area contributed by atoms with Crippen molar-refractivity contribution in [1.82, 2.24) is 25.1 Å². The first-order valence-corrected chi connectivity index (χ1v) is 7.95. The summed E-state index contributed by atoms with van der Waals surface area (Å²) in [5.74, 6) is 0.995. The number of amides is 2. The van der Waals surface area contributed by atoms with E-state index in [1.54, 1.807) is 6.20 Å². The number of rotatable bonds is 6. The minimum Gasteiger partial charge on any atom is -0.338 e. The highest BCUT2D eigenvalue weighted by molar-refractivity contribution is 5.74. The van der Waals surface area contributed by atoms with E-state index in [4.69, 9.17) is 0 Å². The third-order valence-corrected chi connectivity index (χ3v) is 4.04. The second-order valence-electron chi connectivity index (χ2n) is 5.57. The standard InChI is InChI=1S/C15H27N5O/c1-3-6-18-15(21)20(14-4-7-16-8-5-14)12-11-19-10-9-17-13(19)2/h9-10,14,16H,3-8,11-12H2,1-2H3,(H,18,21). The summed E-state index contributed by atoms with van der Waals surface area (Å²) in [6.07, 6.45) is 6.80. The van der Waals surface area contributed by atoms with E-state index in [2.05, 4.69) is 27.1 Å². The van der Waals surface area contributed by atoms with Gasteiger partial charge in [0.05, 0.1) is 0 Å². The smallest absolute Gasteiger partial charge is 0.317 e. The number of piperidine rings is 1. The number of urea groups is 1. The Morgan fingerprint density at radius 2 is 2.29 bits per heavy atom. The number of nitrogens with one attached hydrogen (secondary N) is 2. The van der Waals surface area contributed by atoms with Crippen LogP contribution in [0, 0.1) is 6.92 Å². The molecule has 0 bridgehead atoms. The Morgan fingerprint density at radius 1 is 1.52 bits per heavy atom. The van der Waals surface area contributed by atoms with Gasteiger partial charge >= 0.3 is 6.03 Å². The van der Waals surface area contributed by atoms with Crippen LogP contribution in [0.3, 0.4) is 0 Å². The summed E-state index contributed by atoms with van der Waals surface area (Å²) in [6, 6.07) is 0.411. The van der Waals surface area contributed by atoms with Gasteiger partial charge in [-0.3, -0.25) is 0 Å². The third kappa shape index (κ3) is 4.46. The van der Waals surface area contributed by atoms with Crippen LogP contribution in [-0.2, 0) is 6.54 Å². The van der Waals surface area contributed by atoms with Crippen molar-refractivity contribution < 1.29 is 4.79 Å². The van der Waals surface area contributed by atoms with Crippen LogP contribution in [0.2, 0.25) is 0 Å². The fourth-order valence-electron chi connectivity index (χ4n) is 2.76. The number of nitrogens with zero attached hydrogens (tertiary/aromatic N) is 3. The molecule has 1 saturated heterocycles. The Morgan fingerprint density at radius 3 is 2.90 bits per heavy atom. The number of carbonyl (C=O) groups is 1. The molecule has 0 unspecified atom stereocenters. The van der Waals surface area contributed by atoms with Crippen LogP contribution in [0.1, 0.15) is 32.0 Å². The first kappa shape index (κ1) is 15.8. The molecule has 0 atom stereocenters. The fourth-order valence-corrected chi connectivity index (χ4v) is 2.76. The van der Waals surface area contributed by atoms with Crippen LogP contribution in [0.5, 0.6) is 0 Å². The summed E-state index contributed by atoms with van der Waals surface area (Å²) in [5.41, 5.74) is 0. The molecule has 0 aliphatic carbocycles. The molecule has 2 heterocycles. The molecule has 1 fully saturated rings. The molecule has 0 saturated carbocycles. The zero-order valence-corrected chi connectivity index (χ0v) is 13.1. The fraction of sp³-hybridized carbons (Fsp3) is 0.733. The number of hydrogen-bond donors (Lipinski definition) is 2. The van der Waals surface area contributed by atoms with Crippen LogP contribution in [-0.4, -0.2) is 52.7 Å². The van der Waals surface area contributed by atoms with Gasteiger partial charge in [0.15, 0.2) is 0 Å². The lowest BCUT2D eigenvalue weighted by Gasteiger charge is -2.35. The number of carbonyl (C=O) groups excluding carboxylic acids is 1. The van der Waals surface area contributed by atoms with E-state index in [0.717, 1.165) is 57.8 Å². The van der Waals surface area contributed by atoms with Crippen molar-refractivity contribution in [3.05, 3.63) is 18.2 Å². The van der Waals surface area contributed by atoms with Gasteiger partial charge in [-0.1, -0.05) is 6.92 Å². The maximum Gasteiger partial charge on any atom is 0.317 e. The number of aryl methyl sites for hydroxylation is 1. The first-order valence-electron chi connectivity index (χ1n) is 7.95. The molecule has 0 spiro atoms. The summed E-state index contributed by atoms with van der Waals surface area (Å²) < 4.78 is 2.10. The molecular weight excluding hydrogens is 266 g/mol. The van der Waals surface area contributed by atoms with E-state index in [1.165, 1.54) is 0 Å². The lowest BCUT2D eigenvalue weighted by molar-refractivity contribution is 0.155. The van der Waals surface area contributed by atoms with Gasteiger partial charge in [0.2, 0.25) is 0 Å². The van der Waals surface area contributed by atoms with Crippen molar-refractivity contribution in [1.29, 1.82) is 0 Å². The van der Waals surface area contributed by atoms with Crippen LogP contribution in [0.15, 0.2) is 12.4 Å². The molecule has 2 rings (SSSR count). The van der Waals surface area contributed by atoms with Gasteiger partial charge in [-0.15, -0.1) is 0 Å². The zero-order chi connectivity index (χ0) is 15.1. The number of aromatic nitrogens is 2. The molecule has 6 nitrogen and oxygen atoms in total. The lowest BCUT2D eigenvalue weighted by atomic mass is 10.1. The van der Waals surface area contributed by atoms with Gasteiger partial charge in [-0.25, -0.2) is 9.78 Å². The van der Waals surface area contributed by atoms with Crippen molar-refractivity contribution in [2.45, 2.75) is 45.7 Å². The molecular formula is C15H27N5O. The van der Waals surface area contributed by atoms with Crippen molar-refractivity contribution in [3.8, 4) is 0 Å². The monoisotopic (exact) mass is 293 g/mol. The zero-order valence-electron chi connectivity index (χ0n) is 13.1. The molecule has 1 aliphatic rings. The van der Waals surface area contributed by atoms with Crippen LogP contribution in [0.25, 0.3) is 0 Å². The van der Waals surface area contributed by atoms with Crippen LogP contribution in [0.4, 0.5) is 4.79 Å². The van der Waals surface area contributed by atoms with Gasteiger partial charge in [0, 0.05) is 38.1 Å². The summed E-state index contributed by atoms with van der Waals surface area (Å²) >= 11 is 0. The maximum absolute atomic E-state index is 12.4.